The van der Waals surface area contributed by atoms with Crippen LogP contribution in [0.4, 0.5) is 0 Å². The van der Waals surface area contributed by atoms with Gasteiger partial charge >= 0.3 is 61.4 Å². The summed E-state index contributed by atoms with van der Waals surface area (Å²) in [6.07, 6.45) is 0. The molecule has 42 valence electrons. The fraction of sp³-hybridized carbons (Fsp3) is 0. The number of hydrogen-bond donors (Lipinski definition) is 0. The summed E-state index contributed by atoms with van der Waals surface area (Å²) in [5.74, 6) is 0. The van der Waals surface area contributed by atoms with Crippen LogP contribution in [-0.4, -0.2) is 16.0 Å². The first kappa shape index (κ1) is 6.15. The quantitative estimate of drug-likeness (QED) is 0.538. The third kappa shape index (κ3) is 1.52. The molecule has 0 aromatic heterocycles. The van der Waals surface area contributed by atoms with Crippen LogP contribution in [-0.2, 0) is 0 Å². The van der Waals surface area contributed by atoms with Gasteiger partial charge in [-0.15, -0.1) is 0 Å². The molecule has 0 aliphatic carbocycles. The standard InChI is InChI=1S/C6H5ClSe/c7-5-1-3-6(8)4-2-5/h1-4,8H/p-1. The molecule has 0 unspecified atom stereocenters. The molecule has 0 spiro atoms. The third-order valence-electron chi connectivity index (χ3n) is 0.814. The Morgan fingerprint density at radius 3 is 2.00 bits per heavy atom. The van der Waals surface area contributed by atoms with Crippen molar-refractivity contribution in [2.24, 2.45) is 0 Å². The zero-order valence-electron chi connectivity index (χ0n) is 4.10. The fourth-order valence-corrected chi connectivity index (χ4v) is 0.846. The second kappa shape index (κ2) is 2.54. The van der Waals surface area contributed by atoms with Crippen LogP contribution >= 0.6 is 11.6 Å². The average molecular weight is 191 g/mol. The molecule has 0 bridgehead atoms. The van der Waals surface area contributed by atoms with Gasteiger partial charge in [-0.25, -0.2) is 0 Å². The summed E-state index contributed by atoms with van der Waals surface area (Å²) in [4.78, 5) is 0. The second-order valence-corrected chi connectivity index (χ2v) is 2.88. The van der Waals surface area contributed by atoms with Crippen molar-refractivity contribution < 1.29 is 0 Å². The molecule has 0 aliphatic rings. The predicted octanol–water partition coefficient (Wildman–Crippen LogP) is 1.13. The van der Waals surface area contributed by atoms with Crippen molar-refractivity contribution in [3.63, 3.8) is 0 Å². The molecule has 2 heteroatoms. The molecular formula is C6H4ClSe-. The van der Waals surface area contributed by atoms with E-state index >= 15 is 0 Å². The van der Waals surface area contributed by atoms with Crippen molar-refractivity contribution in [1.82, 2.24) is 0 Å². The summed E-state index contributed by atoms with van der Waals surface area (Å²) < 4.78 is 1.12. The first-order valence-corrected chi connectivity index (χ1v) is 3.45. The topological polar surface area (TPSA) is 0 Å². The van der Waals surface area contributed by atoms with Gasteiger partial charge in [0.15, 0.2) is 0 Å². The SMILES string of the molecule is Clc1ccc([Se-])cc1. The van der Waals surface area contributed by atoms with E-state index in [1.807, 2.05) is 24.3 Å². The van der Waals surface area contributed by atoms with Gasteiger partial charge in [-0.2, -0.15) is 0 Å². The number of benzene rings is 1. The van der Waals surface area contributed by atoms with Crippen molar-refractivity contribution >= 4 is 32.1 Å². The van der Waals surface area contributed by atoms with E-state index < -0.39 is 0 Å². The Balaban J connectivity index is 3.03. The molecule has 0 aliphatic heterocycles. The van der Waals surface area contributed by atoms with Crippen molar-refractivity contribution in [3.05, 3.63) is 29.3 Å². The van der Waals surface area contributed by atoms with Gasteiger partial charge in [-0.1, -0.05) is 0 Å². The Hall–Kier alpha value is 0.0295. The predicted molar refractivity (Wildman–Crippen MR) is 36.8 cm³/mol. The van der Waals surface area contributed by atoms with E-state index in [0.717, 1.165) is 9.48 Å². The third-order valence-corrected chi connectivity index (χ3v) is 1.64. The van der Waals surface area contributed by atoms with Crippen LogP contribution in [0.15, 0.2) is 24.3 Å². The summed E-state index contributed by atoms with van der Waals surface area (Å²) in [6.45, 7) is 0. The second-order valence-electron chi connectivity index (χ2n) is 1.45. The monoisotopic (exact) mass is 191 g/mol. The zero-order chi connectivity index (χ0) is 5.98. The van der Waals surface area contributed by atoms with Crippen molar-refractivity contribution in [2.45, 2.75) is 0 Å². The molecule has 0 saturated heterocycles. The summed E-state index contributed by atoms with van der Waals surface area (Å²) in [5, 5.41) is 0.781. The van der Waals surface area contributed by atoms with E-state index in [-0.39, 0.29) is 0 Å². The van der Waals surface area contributed by atoms with Gasteiger partial charge in [0.1, 0.15) is 0 Å². The molecule has 0 nitrogen and oxygen atoms in total. The van der Waals surface area contributed by atoms with E-state index in [1.165, 1.54) is 0 Å². The molecule has 8 heavy (non-hydrogen) atoms. The molecule has 0 atom stereocenters. The van der Waals surface area contributed by atoms with Gasteiger partial charge in [0.05, 0.1) is 0 Å². The van der Waals surface area contributed by atoms with Gasteiger partial charge < -0.3 is 0 Å². The van der Waals surface area contributed by atoms with Gasteiger partial charge in [-0.3, -0.25) is 0 Å². The summed E-state index contributed by atoms with van der Waals surface area (Å²) in [7, 11) is 0. The van der Waals surface area contributed by atoms with E-state index in [1.54, 1.807) is 0 Å². The fourth-order valence-electron chi connectivity index (χ4n) is 0.435. The zero-order valence-corrected chi connectivity index (χ0v) is 6.56. The van der Waals surface area contributed by atoms with Crippen LogP contribution in [0.1, 0.15) is 0 Å². The summed E-state index contributed by atoms with van der Waals surface area (Å²) in [5.41, 5.74) is 0. The molecule has 1 aromatic rings. The summed E-state index contributed by atoms with van der Waals surface area (Å²) >= 11 is 8.47. The van der Waals surface area contributed by atoms with Gasteiger partial charge in [-0.05, 0) is 0 Å². The molecule has 0 fully saturated rings. The van der Waals surface area contributed by atoms with E-state index in [4.69, 9.17) is 11.6 Å². The minimum absolute atomic E-state index is 0.781. The van der Waals surface area contributed by atoms with E-state index in [9.17, 15) is 0 Å². The van der Waals surface area contributed by atoms with Crippen molar-refractivity contribution in [2.75, 3.05) is 0 Å². The Bertz CT molecular complexity index is 147. The van der Waals surface area contributed by atoms with Crippen LogP contribution in [0, 0.1) is 0 Å². The van der Waals surface area contributed by atoms with Crippen LogP contribution in [0.3, 0.4) is 0 Å². The minimum atomic E-state index is 0.781. The molecule has 0 amide bonds. The molecular weight excluding hydrogens is 186 g/mol. The first-order chi connectivity index (χ1) is 3.79. The van der Waals surface area contributed by atoms with Gasteiger partial charge in [0, 0.05) is 0 Å². The van der Waals surface area contributed by atoms with Crippen LogP contribution in [0.5, 0.6) is 0 Å². The van der Waals surface area contributed by atoms with Gasteiger partial charge in [0.2, 0.25) is 0 Å². The van der Waals surface area contributed by atoms with Crippen LogP contribution in [0.2, 0.25) is 5.02 Å². The van der Waals surface area contributed by atoms with Crippen molar-refractivity contribution in [1.29, 1.82) is 0 Å². The maximum atomic E-state index is 5.60. The molecule has 0 radical (unpaired) electrons. The summed E-state index contributed by atoms with van der Waals surface area (Å²) in [6, 6.07) is 7.57. The first-order valence-electron chi connectivity index (χ1n) is 2.21. The number of hydrogen-bond acceptors (Lipinski definition) is 0. The van der Waals surface area contributed by atoms with Crippen molar-refractivity contribution in [3.8, 4) is 0 Å². The maximum absolute atomic E-state index is 5.60. The van der Waals surface area contributed by atoms with E-state index in [0.29, 0.717) is 0 Å². The molecule has 0 N–H and O–H groups in total. The average Bonchev–Trinajstić information content (AvgIpc) is 1.77. The Morgan fingerprint density at radius 1 is 1.12 bits per heavy atom. The molecule has 0 saturated carbocycles. The van der Waals surface area contributed by atoms with Crippen LogP contribution in [0.25, 0.3) is 0 Å². The molecule has 0 heterocycles. The van der Waals surface area contributed by atoms with Gasteiger partial charge in [0.25, 0.3) is 0 Å². The normalized spacial score (nSPS) is 9.12. The Labute approximate surface area is 61.7 Å². The Kier molecular flexibility index (Phi) is 1.95. The van der Waals surface area contributed by atoms with Crippen LogP contribution < -0.4 is 4.46 Å². The Morgan fingerprint density at radius 2 is 1.62 bits per heavy atom. The number of rotatable bonds is 0. The molecule has 1 aromatic carbocycles. The van der Waals surface area contributed by atoms with E-state index in [2.05, 4.69) is 16.0 Å². The molecule has 1 rings (SSSR count). The number of halogens is 1.